The third-order valence-electron chi connectivity index (χ3n) is 5.07. The number of aromatic nitrogens is 2. The number of hydrogen-bond donors (Lipinski definition) is 0. The largest absolute Gasteiger partial charge is 0.447 e. The van der Waals surface area contributed by atoms with Crippen LogP contribution in [0.4, 0.5) is 4.79 Å². The summed E-state index contributed by atoms with van der Waals surface area (Å²) in [6.07, 6.45) is 1.02. The Labute approximate surface area is 146 Å². The van der Waals surface area contributed by atoms with Gasteiger partial charge in [-0.2, -0.15) is 0 Å². The summed E-state index contributed by atoms with van der Waals surface area (Å²) >= 11 is 0. The second-order valence-corrected chi connectivity index (χ2v) is 6.54. The molecule has 7 heteroatoms. The molecule has 0 unspecified atom stereocenters. The van der Waals surface area contributed by atoms with E-state index >= 15 is 0 Å². The van der Waals surface area contributed by atoms with E-state index in [0.29, 0.717) is 39.2 Å². The van der Waals surface area contributed by atoms with Crippen molar-refractivity contribution in [2.24, 2.45) is 0 Å². The molecule has 0 radical (unpaired) electrons. The molecule has 2 aromatic rings. The average molecular weight is 342 g/mol. The molecule has 2 amide bonds. The van der Waals surface area contributed by atoms with Crippen molar-refractivity contribution in [1.29, 1.82) is 0 Å². The molecule has 3 heterocycles. The Balaban J connectivity index is 1.43. The second kappa shape index (κ2) is 6.38. The molecule has 132 valence electrons. The number of amides is 2. The number of fused-ring (bicyclic) bond motifs is 2. The molecule has 2 fully saturated rings. The molecular formula is C18H22N4O3. The van der Waals surface area contributed by atoms with Crippen molar-refractivity contribution in [1.82, 2.24) is 19.4 Å². The summed E-state index contributed by atoms with van der Waals surface area (Å²) < 4.78 is 7.21. The van der Waals surface area contributed by atoms with Gasteiger partial charge in [-0.25, -0.2) is 9.78 Å². The fourth-order valence-electron chi connectivity index (χ4n) is 3.73. The van der Waals surface area contributed by atoms with Crippen molar-refractivity contribution < 1.29 is 14.3 Å². The molecule has 2 saturated heterocycles. The summed E-state index contributed by atoms with van der Waals surface area (Å²) in [5.74, 6) is 1.13. The van der Waals surface area contributed by atoms with Crippen LogP contribution in [0.1, 0.15) is 19.2 Å². The van der Waals surface area contributed by atoms with E-state index in [-0.39, 0.29) is 18.0 Å². The number of imidazole rings is 1. The predicted octanol–water partition coefficient (Wildman–Crippen LogP) is 1.65. The Kier molecular flexibility index (Phi) is 4.07. The van der Waals surface area contributed by atoms with Gasteiger partial charge in [-0.1, -0.05) is 19.1 Å². The molecule has 0 spiro atoms. The molecule has 2 aliphatic rings. The Bertz CT molecular complexity index is 816. The molecule has 1 aromatic heterocycles. The van der Waals surface area contributed by atoms with Gasteiger partial charge < -0.3 is 14.2 Å². The summed E-state index contributed by atoms with van der Waals surface area (Å²) in [7, 11) is 0. The third-order valence-corrected chi connectivity index (χ3v) is 5.07. The van der Waals surface area contributed by atoms with E-state index in [9.17, 15) is 9.59 Å². The van der Waals surface area contributed by atoms with Crippen LogP contribution in [-0.4, -0.2) is 63.6 Å². The quantitative estimate of drug-likeness (QED) is 0.847. The van der Waals surface area contributed by atoms with Gasteiger partial charge in [-0.15, -0.1) is 0 Å². The lowest BCUT2D eigenvalue weighted by Crippen LogP contribution is -2.53. The smallest absolute Gasteiger partial charge is 0.410 e. The summed E-state index contributed by atoms with van der Waals surface area (Å²) in [6, 6.07) is 8.04. The van der Waals surface area contributed by atoms with Crippen molar-refractivity contribution in [2.45, 2.75) is 32.4 Å². The SMILES string of the molecule is CCc1nc2ccccc2n1CCC(=O)N1CCN2C(=O)OC[C@H]2C1. The summed E-state index contributed by atoms with van der Waals surface area (Å²) in [6.45, 7) is 4.79. The number of nitrogens with zero attached hydrogens (tertiary/aromatic N) is 4. The minimum absolute atomic E-state index is 0.00507. The van der Waals surface area contributed by atoms with Crippen LogP contribution in [0.15, 0.2) is 24.3 Å². The van der Waals surface area contributed by atoms with Crippen LogP contribution < -0.4 is 0 Å². The van der Waals surface area contributed by atoms with Gasteiger partial charge in [0, 0.05) is 39.0 Å². The van der Waals surface area contributed by atoms with E-state index in [1.165, 1.54) is 0 Å². The number of hydrogen-bond acceptors (Lipinski definition) is 4. The van der Waals surface area contributed by atoms with Gasteiger partial charge in [0.15, 0.2) is 0 Å². The van der Waals surface area contributed by atoms with Crippen LogP contribution in [0.5, 0.6) is 0 Å². The van der Waals surface area contributed by atoms with Crippen LogP contribution in [0.3, 0.4) is 0 Å². The number of carbonyl (C=O) groups excluding carboxylic acids is 2. The van der Waals surface area contributed by atoms with Crippen LogP contribution in [-0.2, 0) is 22.5 Å². The van der Waals surface area contributed by atoms with Crippen molar-refractivity contribution in [3.63, 3.8) is 0 Å². The number of aryl methyl sites for hydroxylation is 2. The molecule has 0 bridgehead atoms. The van der Waals surface area contributed by atoms with Gasteiger partial charge in [0.1, 0.15) is 12.4 Å². The topological polar surface area (TPSA) is 67.7 Å². The Morgan fingerprint density at radius 1 is 1.32 bits per heavy atom. The van der Waals surface area contributed by atoms with Gasteiger partial charge >= 0.3 is 6.09 Å². The summed E-state index contributed by atoms with van der Waals surface area (Å²) in [5.41, 5.74) is 2.05. The van der Waals surface area contributed by atoms with Gasteiger partial charge in [0.2, 0.25) is 5.91 Å². The maximum absolute atomic E-state index is 12.6. The highest BCUT2D eigenvalue weighted by molar-refractivity contribution is 5.79. The van der Waals surface area contributed by atoms with Crippen molar-refractivity contribution in [3.05, 3.63) is 30.1 Å². The molecule has 2 aliphatic heterocycles. The number of piperazine rings is 1. The van der Waals surface area contributed by atoms with E-state index in [4.69, 9.17) is 4.74 Å². The van der Waals surface area contributed by atoms with E-state index in [1.54, 1.807) is 4.90 Å². The highest BCUT2D eigenvalue weighted by atomic mass is 16.6. The summed E-state index contributed by atoms with van der Waals surface area (Å²) in [5, 5.41) is 0. The number of carbonyl (C=O) groups is 2. The first-order chi connectivity index (χ1) is 12.2. The molecule has 1 atom stereocenters. The first-order valence-corrected chi connectivity index (χ1v) is 8.82. The fraction of sp³-hybridized carbons (Fsp3) is 0.500. The number of benzene rings is 1. The maximum atomic E-state index is 12.6. The predicted molar refractivity (Wildman–Crippen MR) is 92.2 cm³/mol. The van der Waals surface area contributed by atoms with Gasteiger partial charge in [0.25, 0.3) is 0 Å². The standard InChI is InChI=1S/C18H22N4O3/c1-2-16-19-14-5-3-4-6-15(14)22(16)8-7-17(23)20-9-10-21-13(11-20)12-25-18(21)24/h3-6,13H,2,7-12H2,1H3/t13-/m1/s1. The molecule has 1 aromatic carbocycles. The fourth-order valence-corrected chi connectivity index (χ4v) is 3.73. The monoisotopic (exact) mass is 342 g/mol. The molecular weight excluding hydrogens is 320 g/mol. The summed E-state index contributed by atoms with van der Waals surface area (Å²) in [4.78, 5) is 32.4. The first-order valence-electron chi connectivity index (χ1n) is 8.82. The van der Waals surface area contributed by atoms with Gasteiger partial charge in [-0.3, -0.25) is 9.69 Å². The van der Waals surface area contributed by atoms with Crippen LogP contribution in [0.25, 0.3) is 11.0 Å². The molecule has 0 saturated carbocycles. The van der Waals surface area contributed by atoms with Crippen molar-refractivity contribution in [3.8, 4) is 0 Å². The lowest BCUT2D eigenvalue weighted by molar-refractivity contribution is -0.133. The van der Waals surface area contributed by atoms with Gasteiger partial charge in [-0.05, 0) is 12.1 Å². The normalized spacial score (nSPS) is 20.0. The number of para-hydroxylation sites is 2. The van der Waals surface area contributed by atoms with E-state index < -0.39 is 0 Å². The lowest BCUT2D eigenvalue weighted by Gasteiger charge is -2.35. The number of cyclic esters (lactones) is 1. The van der Waals surface area contributed by atoms with E-state index in [0.717, 1.165) is 23.3 Å². The maximum Gasteiger partial charge on any atom is 0.410 e. The molecule has 7 nitrogen and oxygen atoms in total. The molecule has 0 N–H and O–H groups in total. The highest BCUT2D eigenvalue weighted by Gasteiger charge is 2.38. The van der Waals surface area contributed by atoms with Crippen LogP contribution in [0.2, 0.25) is 0 Å². The first kappa shape index (κ1) is 15.9. The minimum Gasteiger partial charge on any atom is -0.447 e. The zero-order chi connectivity index (χ0) is 17.4. The molecule has 25 heavy (non-hydrogen) atoms. The van der Waals surface area contributed by atoms with E-state index in [2.05, 4.69) is 16.5 Å². The highest BCUT2D eigenvalue weighted by Crippen LogP contribution is 2.20. The third kappa shape index (κ3) is 2.83. The Morgan fingerprint density at radius 3 is 3.00 bits per heavy atom. The average Bonchev–Trinajstić information content (AvgIpc) is 3.19. The zero-order valence-electron chi connectivity index (χ0n) is 14.4. The van der Waals surface area contributed by atoms with Crippen molar-refractivity contribution >= 4 is 23.0 Å². The number of rotatable bonds is 4. The Morgan fingerprint density at radius 2 is 2.16 bits per heavy atom. The molecule has 4 rings (SSSR count). The minimum atomic E-state index is -0.255. The van der Waals surface area contributed by atoms with Gasteiger partial charge in [0.05, 0.1) is 17.1 Å². The lowest BCUT2D eigenvalue weighted by atomic mass is 10.2. The van der Waals surface area contributed by atoms with Crippen molar-refractivity contribution in [2.75, 3.05) is 26.2 Å². The molecule has 0 aliphatic carbocycles. The second-order valence-electron chi connectivity index (χ2n) is 6.54. The zero-order valence-corrected chi connectivity index (χ0v) is 14.4. The number of ether oxygens (including phenoxy) is 1. The van der Waals surface area contributed by atoms with Crippen LogP contribution in [0, 0.1) is 0 Å². The Hall–Kier alpha value is -2.57. The van der Waals surface area contributed by atoms with Crippen LogP contribution >= 0.6 is 0 Å². The van der Waals surface area contributed by atoms with E-state index in [1.807, 2.05) is 29.2 Å².